The molecule has 3 N–H and O–H groups in total. The SMILES string of the molecule is C[C@@]1(C(=O)Nc2nccs2)CCCN1c1nc(Cl)nc(Nc2cc(C3CC3)[nH]n2)n1. The third-order valence-electron chi connectivity index (χ3n) is 5.48. The lowest BCUT2D eigenvalue weighted by Gasteiger charge is -2.33. The molecule has 2 aliphatic rings. The number of nitrogens with zero attached hydrogens (tertiary/aromatic N) is 6. The van der Waals surface area contributed by atoms with Crippen molar-refractivity contribution in [3.63, 3.8) is 0 Å². The molecule has 0 aromatic carbocycles. The average Bonchev–Trinajstić information content (AvgIpc) is 3.08. The summed E-state index contributed by atoms with van der Waals surface area (Å²) in [7, 11) is 0. The van der Waals surface area contributed by atoms with Crippen LogP contribution in [0.2, 0.25) is 5.28 Å². The first kappa shape index (κ1) is 19.2. The summed E-state index contributed by atoms with van der Waals surface area (Å²) in [6.07, 6.45) is 5.51. The van der Waals surface area contributed by atoms with E-state index in [1.54, 1.807) is 6.20 Å². The Morgan fingerprint density at radius 1 is 1.37 bits per heavy atom. The summed E-state index contributed by atoms with van der Waals surface area (Å²) < 4.78 is 0. The third kappa shape index (κ3) is 3.70. The van der Waals surface area contributed by atoms with Crippen LogP contribution in [-0.2, 0) is 4.79 Å². The molecule has 1 atom stereocenters. The highest BCUT2D eigenvalue weighted by Gasteiger charge is 2.45. The largest absolute Gasteiger partial charge is 0.326 e. The van der Waals surface area contributed by atoms with Gasteiger partial charge in [-0.2, -0.15) is 20.1 Å². The molecule has 1 saturated heterocycles. The average molecular weight is 446 g/mol. The van der Waals surface area contributed by atoms with Crippen molar-refractivity contribution in [1.29, 1.82) is 0 Å². The number of hydrogen-bond acceptors (Lipinski definition) is 9. The lowest BCUT2D eigenvalue weighted by atomic mass is 9.98. The first-order chi connectivity index (χ1) is 14.5. The highest BCUT2D eigenvalue weighted by molar-refractivity contribution is 7.13. The molecule has 30 heavy (non-hydrogen) atoms. The van der Waals surface area contributed by atoms with E-state index < -0.39 is 5.54 Å². The maximum atomic E-state index is 13.0. The van der Waals surface area contributed by atoms with Gasteiger partial charge in [-0.1, -0.05) is 0 Å². The summed E-state index contributed by atoms with van der Waals surface area (Å²) in [5.74, 6) is 1.67. The van der Waals surface area contributed by atoms with Gasteiger partial charge in [0.2, 0.25) is 17.2 Å². The lowest BCUT2D eigenvalue weighted by molar-refractivity contribution is -0.120. The predicted molar refractivity (Wildman–Crippen MR) is 114 cm³/mol. The molecule has 0 unspecified atom stereocenters. The number of hydrogen-bond donors (Lipinski definition) is 3. The van der Waals surface area contributed by atoms with E-state index in [4.69, 9.17) is 11.6 Å². The number of carbonyl (C=O) groups is 1. The summed E-state index contributed by atoms with van der Waals surface area (Å²) in [5.41, 5.74) is 0.280. The number of anilines is 4. The summed E-state index contributed by atoms with van der Waals surface area (Å²) in [5, 5.41) is 15.7. The molecule has 3 aromatic rings. The number of aromatic nitrogens is 6. The van der Waals surface area contributed by atoms with Crippen LogP contribution in [-0.4, -0.2) is 48.1 Å². The van der Waals surface area contributed by atoms with Gasteiger partial charge in [-0.15, -0.1) is 11.3 Å². The van der Waals surface area contributed by atoms with Crippen molar-refractivity contribution in [3.05, 3.63) is 28.6 Å². The Bertz CT molecular complexity index is 1070. The Labute approximate surface area is 181 Å². The van der Waals surface area contributed by atoms with E-state index >= 15 is 0 Å². The van der Waals surface area contributed by atoms with Crippen molar-refractivity contribution in [1.82, 2.24) is 30.1 Å². The Morgan fingerprint density at radius 2 is 2.23 bits per heavy atom. The van der Waals surface area contributed by atoms with Crippen molar-refractivity contribution in [2.75, 3.05) is 22.1 Å². The number of rotatable bonds is 6. The van der Waals surface area contributed by atoms with Crippen molar-refractivity contribution < 1.29 is 4.79 Å². The maximum absolute atomic E-state index is 13.0. The summed E-state index contributed by atoms with van der Waals surface area (Å²) in [6, 6.07) is 1.95. The van der Waals surface area contributed by atoms with E-state index in [-0.39, 0.29) is 17.1 Å². The number of halogens is 1. The zero-order valence-corrected chi connectivity index (χ0v) is 17.8. The molecule has 12 heteroatoms. The lowest BCUT2D eigenvalue weighted by Crippen LogP contribution is -2.51. The van der Waals surface area contributed by atoms with Crippen molar-refractivity contribution in [2.45, 2.75) is 44.1 Å². The fourth-order valence-corrected chi connectivity index (χ4v) is 4.35. The Hall–Kier alpha value is -2.79. The Kier molecular flexibility index (Phi) is 4.78. The van der Waals surface area contributed by atoms with Crippen molar-refractivity contribution in [3.8, 4) is 0 Å². The maximum Gasteiger partial charge on any atom is 0.251 e. The quantitative estimate of drug-likeness (QED) is 0.527. The standard InChI is InChI=1S/C18H20ClN9OS/c1-18(13(29)22-17-20-6-8-30-17)5-2-7-28(18)16-24-14(19)23-15(25-16)21-12-9-11(26-27-12)10-3-4-10/h6,8-10H,2-5,7H2,1H3,(H,20,22,29)(H2,21,23,24,25,26,27)/t18-/m0/s1. The van der Waals surface area contributed by atoms with Gasteiger partial charge in [-0.3, -0.25) is 15.2 Å². The van der Waals surface area contributed by atoms with E-state index in [0.29, 0.717) is 35.8 Å². The molecular formula is C18H20ClN9OS. The summed E-state index contributed by atoms with van der Waals surface area (Å²) in [4.78, 5) is 32.0. The van der Waals surface area contributed by atoms with Gasteiger partial charge in [0.15, 0.2) is 10.9 Å². The second-order valence-corrected chi connectivity index (χ2v) is 8.89. The van der Waals surface area contributed by atoms with Crippen LogP contribution >= 0.6 is 22.9 Å². The van der Waals surface area contributed by atoms with Crippen molar-refractivity contribution >= 4 is 51.7 Å². The molecule has 156 valence electrons. The molecule has 10 nitrogen and oxygen atoms in total. The van der Waals surface area contributed by atoms with E-state index in [1.165, 1.54) is 24.2 Å². The number of amides is 1. The minimum atomic E-state index is -0.820. The van der Waals surface area contributed by atoms with Gasteiger partial charge in [0.1, 0.15) is 5.54 Å². The number of thiazole rings is 1. The molecule has 1 amide bonds. The zero-order valence-electron chi connectivity index (χ0n) is 16.2. The fraction of sp³-hybridized carbons (Fsp3) is 0.444. The van der Waals surface area contributed by atoms with E-state index in [9.17, 15) is 4.79 Å². The summed E-state index contributed by atoms with van der Waals surface area (Å²) >= 11 is 7.56. The minimum absolute atomic E-state index is 0.0510. The van der Waals surface area contributed by atoms with Crippen molar-refractivity contribution in [2.24, 2.45) is 0 Å². The van der Waals surface area contributed by atoms with Crippen LogP contribution in [0.15, 0.2) is 17.6 Å². The van der Waals surface area contributed by atoms with Crippen LogP contribution in [0.4, 0.5) is 22.8 Å². The van der Waals surface area contributed by atoms with Gasteiger partial charge in [-0.25, -0.2) is 4.98 Å². The molecule has 0 radical (unpaired) electrons. The van der Waals surface area contributed by atoms with Crippen LogP contribution in [0.1, 0.15) is 44.2 Å². The molecule has 2 fully saturated rings. The normalized spacial score (nSPS) is 21.1. The molecular weight excluding hydrogens is 426 g/mol. The molecule has 0 bridgehead atoms. The Balaban J connectivity index is 1.38. The second kappa shape index (κ2) is 7.47. The fourth-order valence-electron chi connectivity index (χ4n) is 3.67. The van der Waals surface area contributed by atoms with Crippen LogP contribution < -0.4 is 15.5 Å². The zero-order chi connectivity index (χ0) is 20.7. The second-order valence-electron chi connectivity index (χ2n) is 7.66. The van der Waals surface area contributed by atoms with E-state index in [0.717, 1.165) is 12.1 Å². The first-order valence-corrected chi connectivity index (χ1v) is 11.0. The molecule has 3 aromatic heterocycles. The molecule has 1 aliphatic heterocycles. The molecule has 1 aliphatic carbocycles. The van der Waals surface area contributed by atoms with Gasteiger partial charge < -0.3 is 10.2 Å². The predicted octanol–water partition coefficient (Wildman–Crippen LogP) is 3.32. The van der Waals surface area contributed by atoms with Gasteiger partial charge >= 0.3 is 0 Å². The number of H-pyrrole nitrogens is 1. The highest BCUT2D eigenvalue weighted by Crippen LogP contribution is 2.40. The van der Waals surface area contributed by atoms with Gasteiger partial charge in [0.25, 0.3) is 5.91 Å². The molecule has 0 spiro atoms. The highest BCUT2D eigenvalue weighted by atomic mass is 35.5. The van der Waals surface area contributed by atoms with E-state index in [1.807, 2.05) is 23.3 Å². The number of carbonyl (C=O) groups excluding carboxylic acids is 1. The Morgan fingerprint density at radius 3 is 3.00 bits per heavy atom. The number of aromatic amines is 1. The monoisotopic (exact) mass is 445 g/mol. The topological polar surface area (TPSA) is 125 Å². The molecule has 1 saturated carbocycles. The molecule has 5 rings (SSSR count). The summed E-state index contributed by atoms with van der Waals surface area (Å²) in [6.45, 7) is 2.51. The minimum Gasteiger partial charge on any atom is -0.326 e. The first-order valence-electron chi connectivity index (χ1n) is 9.74. The smallest absolute Gasteiger partial charge is 0.251 e. The van der Waals surface area contributed by atoms with E-state index in [2.05, 4.69) is 40.8 Å². The van der Waals surface area contributed by atoms with Crippen LogP contribution in [0.5, 0.6) is 0 Å². The number of nitrogens with one attached hydrogen (secondary N) is 3. The van der Waals surface area contributed by atoms with Gasteiger partial charge in [0.05, 0.1) is 0 Å². The van der Waals surface area contributed by atoms with Gasteiger partial charge in [-0.05, 0) is 44.2 Å². The van der Waals surface area contributed by atoms with Gasteiger partial charge in [0, 0.05) is 35.8 Å². The van der Waals surface area contributed by atoms with Crippen LogP contribution in [0.3, 0.4) is 0 Å². The molecule has 4 heterocycles. The van der Waals surface area contributed by atoms with Crippen LogP contribution in [0, 0.1) is 0 Å². The third-order valence-corrected chi connectivity index (χ3v) is 6.33. The van der Waals surface area contributed by atoms with Crippen LogP contribution in [0.25, 0.3) is 0 Å².